The first-order valence-corrected chi connectivity index (χ1v) is 4.44. The van der Waals surface area contributed by atoms with Gasteiger partial charge in [0.2, 0.25) is 0 Å². The molecule has 13 heavy (non-hydrogen) atoms. The lowest BCUT2D eigenvalue weighted by Gasteiger charge is -2.12. The lowest BCUT2D eigenvalue weighted by atomic mass is 10.3. The van der Waals surface area contributed by atoms with E-state index in [0.717, 1.165) is 5.82 Å². The second-order valence-corrected chi connectivity index (χ2v) is 3.74. The lowest BCUT2D eigenvalue weighted by Crippen LogP contribution is -2.17. The molecule has 0 aromatic carbocycles. The fraction of sp³-hybridized carbons (Fsp3) is 0.444. The standard InChI is InChI=1S/C9H14N4/c1-9(5-6-9)12-7-3-2-4-8(11-7)13-10/h2-4H,5-6,10H2,1H3,(H2,11,12,13). The molecule has 0 unspecified atom stereocenters. The minimum absolute atomic E-state index is 0.264. The van der Waals surface area contributed by atoms with Gasteiger partial charge in [-0.25, -0.2) is 10.8 Å². The van der Waals surface area contributed by atoms with Crippen LogP contribution in [0.2, 0.25) is 0 Å². The third kappa shape index (κ3) is 1.89. The Hall–Kier alpha value is -1.29. The van der Waals surface area contributed by atoms with Crippen LogP contribution in [0.15, 0.2) is 18.2 Å². The highest BCUT2D eigenvalue weighted by Crippen LogP contribution is 2.37. The number of aromatic nitrogens is 1. The number of pyridine rings is 1. The summed E-state index contributed by atoms with van der Waals surface area (Å²) in [5.74, 6) is 6.83. The zero-order valence-electron chi connectivity index (χ0n) is 7.67. The number of nitrogen functional groups attached to an aromatic ring is 1. The van der Waals surface area contributed by atoms with Crippen molar-refractivity contribution in [3.63, 3.8) is 0 Å². The Morgan fingerprint density at radius 1 is 1.38 bits per heavy atom. The molecule has 4 N–H and O–H groups in total. The van der Waals surface area contributed by atoms with Gasteiger partial charge in [0.25, 0.3) is 0 Å². The molecule has 0 bridgehead atoms. The van der Waals surface area contributed by atoms with E-state index in [4.69, 9.17) is 5.84 Å². The summed E-state index contributed by atoms with van der Waals surface area (Å²) in [6.45, 7) is 2.19. The highest BCUT2D eigenvalue weighted by Gasteiger charge is 2.37. The SMILES string of the molecule is CC1(Nc2cccc(NN)n2)CC1. The highest BCUT2D eigenvalue weighted by molar-refractivity contribution is 5.46. The maximum absolute atomic E-state index is 5.26. The summed E-state index contributed by atoms with van der Waals surface area (Å²) in [6.07, 6.45) is 2.43. The second-order valence-electron chi connectivity index (χ2n) is 3.74. The molecular weight excluding hydrogens is 164 g/mol. The van der Waals surface area contributed by atoms with Crippen molar-refractivity contribution in [1.82, 2.24) is 4.98 Å². The molecule has 1 aromatic rings. The molecule has 2 rings (SSSR count). The maximum Gasteiger partial charge on any atom is 0.142 e. The van der Waals surface area contributed by atoms with Crippen LogP contribution in [0.4, 0.5) is 11.6 Å². The van der Waals surface area contributed by atoms with Crippen LogP contribution in [-0.4, -0.2) is 10.5 Å². The Morgan fingerprint density at radius 3 is 2.69 bits per heavy atom. The van der Waals surface area contributed by atoms with Crippen LogP contribution >= 0.6 is 0 Å². The number of hydrazine groups is 1. The van der Waals surface area contributed by atoms with E-state index in [-0.39, 0.29) is 5.54 Å². The van der Waals surface area contributed by atoms with Crippen molar-refractivity contribution in [3.8, 4) is 0 Å². The number of nitrogens with one attached hydrogen (secondary N) is 2. The smallest absolute Gasteiger partial charge is 0.142 e. The molecule has 0 radical (unpaired) electrons. The third-order valence-electron chi connectivity index (χ3n) is 2.33. The summed E-state index contributed by atoms with van der Waals surface area (Å²) >= 11 is 0. The lowest BCUT2D eigenvalue weighted by molar-refractivity contribution is 0.821. The molecule has 4 heteroatoms. The van der Waals surface area contributed by atoms with Crippen molar-refractivity contribution >= 4 is 11.6 Å². The molecule has 0 atom stereocenters. The van der Waals surface area contributed by atoms with Crippen LogP contribution in [0.3, 0.4) is 0 Å². The van der Waals surface area contributed by atoms with Crippen LogP contribution in [-0.2, 0) is 0 Å². The van der Waals surface area contributed by atoms with Gasteiger partial charge in [0, 0.05) is 5.54 Å². The molecule has 0 saturated heterocycles. The van der Waals surface area contributed by atoms with Crippen LogP contribution in [0.1, 0.15) is 19.8 Å². The number of nitrogens with two attached hydrogens (primary N) is 1. The van der Waals surface area contributed by atoms with Crippen LogP contribution in [0.5, 0.6) is 0 Å². The van der Waals surface area contributed by atoms with Gasteiger partial charge < -0.3 is 10.7 Å². The molecule has 0 aliphatic heterocycles. The van der Waals surface area contributed by atoms with E-state index in [2.05, 4.69) is 22.7 Å². The Morgan fingerprint density at radius 2 is 2.08 bits per heavy atom. The van der Waals surface area contributed by atoms with Crippen LogP contribution < -0.4 is 16.6 Å². The van der Waals surface area contributed by atoms with Gasteiger partial charge in [-0.15, -0.1) is 0 Å². The van der Waals surface area contributed by atoms with Crippen molar-refractivity contribution in [2.75, 3.05) is 10.7 Å². The molecule has 1 saturated carbocycles. The van der Waals surface area contributed by atoms with Gasteiger partial charge in [0.15, 0.2) is 0 Å². The third-order valence-corrected chi connectivity index (χ3v) is 2.33. The average molecular weight is 178 g/mol. The van der Waals surface area contributed by atoms with Crippen molar-refractivity contribution in [1.29, 1.82) is 0 Å². The molecule has 4 nitrogen and oxygen atoms in total. The Balaban J connectivity index is 2.11. The van der Waals surface area contributed by atoms with E-state index in [9.17, 15) is 0 Å². The Bertz CT molecular complexity index is 306. The number of nitrogens with zero attached hydrogens (tertiary/aromatic N) is 1. The normalized spacial score (nSPS) is 18.0. The van der Waals surface area contributed by atoms with Crippen LogP contribution in [0, 0.1) is 0 Å². The predicted molar refractivity (Wildman–Crippen MR) is 53.3 cm³/mol. The van der Waals surface area contributed by atoms with Crippen molar-refractivity contribution in [3.05, 3.63) is 18.2 Å². The summed E-state index contributed by atoms with van der Waals surface area (Å²) in [7, 11) is 0. The summed E-state index contributed by atoms with van der Waals surface area (Å²) in [5.41, 5.74) is 2.79. The summed E-state index contributed by atoms with van der Waals surface area (Å²) < 4.78 is 0. The molecule has 1 fully saturated rings. The largest absolute Gasteiger partial charge is 0.365 e. The molecule has 1 aromatic heterocycles. The summed E-state index contributed by atoms with van der Waals surface area (Å²) in [6, 6.07) is 5.71. The highest BCUT2D eigenvalue weighted by atomic mass is 15.3. The van der Waals surface area contributed by atoms with E-state index in [0.29, 0.717) is 5.82 Å². The predicted octanol–water partition coefficient (Wildman–Crippen LogP) is 1.33. The van der Waals surface area contributed by atoms with Gasteiger partial charge in [-0.2, -0.15) is 0 Å². The van der Waals surface area contributed by atoms with Gasteiger partial charge in [0.05, 0.1) is 0 Å². The fourth-order valence-electron chi connectivity index (χ4n) is 1.21. The number of anilines is 2. The maximum atomic E-state index is 5.26. The van der Waals surface area contributed by atoms with Gasteiger partial charge >= 0.3 is 0 Å². The minimum atomic E-state index is 0.264. The van der Waals surface area contributed by atoms with E-state index in [1.54, 1.807) is 0 Å². The first kappa shape index (κ1) is 8.31. The first-order chi connectivity index (χ1) is 6.22. The summed E-state index contributed by atoms with van der Waals surface area (Å²) in [4.78, 5) is 4.27. The molecular formula is C9H14N4. The van der Waals surface area contributed by atoms with Crippen molar-refractivity contribution in [2.45, 2.75) is 25.3 Å². The van der Waals surface area contributed by atoms with Gasteiger partial charge in [0.1, 0.15) is 11.6 Å². The first-order valence-electron chi connectivity index (χ1n) is 4.44. The molecule has 1 heterocycles. The fourth-order valence-corrected chi connectivity index (χ4v) is 1.21. The number of hydrogen-bond donors (Lipinski definition) is 3. The number of hydrogen-bond acceptors (Lipinski definition) is 4. The van der Waals surface area contributed by atoms with E-state index < -0.39 is 0 Å². The zero-order valence-corrected chi connectivity index (χ0v) is 7.67. The van der Waals surface area contributed by atoms with Gasteiger partial charge in [-0.1, -0.05) is 6.07 Å². The minimum Gasteiger partial charge on any atom is -0.365 e. The van der Waals surface area contributed by atoms with Gasteiger partial charge in [-0.05, 0) is 31.9 Å². The van der Waals surface area contributed by atoms with Crippen molar-refractivity contribution < 1.29 is 0 Å². The Labute approximate surface area is 77.5 Å². The zero-order chi connectivity index (χ0) is 9.31. The monoisotopic (exact) mass is 178 g/mol. The van der Waals surface area contributed by atoms with E-state index in [1.165, 1.54) is 12.8 Å². The second kappa shape index (κ2) is 2.88. The molecule has 1 aliphatic carbocycles. The Kier molecular flexibility index (Phi) is 1.84. The quantitative estimate of drug-likeness (QED) is 0.482. The van der Waals surface area contributed by atoms with Crippen LogP contribution in [0.25, 0.3) is 0 Å². The molecule has 0 spiro atoms. The average Bonchev–Trinajstić information content (AvgIpc) is 2.84. The van der Waals surface area contributed by atoms with E-state index >= 15 is 0 Å². The molecule has 1 aliphatic rings. The van der Waals surface area contributed by atoms with Gasteiger partial charge in [-0.3, -0.25) is 0 Å². The van der Waals surface area contributed by atoms with Crippen molar-refractivity contribution in [2.24, 2.45) is 5.84 Å². The summed E-state index contributed by atoms with van der Waals surface area (Å²) in [5, 5.41) is 3.36. The number of rotatable bonds is 3. The van der Waals surface area contributed by atoms with E-state index in [1.807, 2.05) is 18.2 Å². The molecule has 70 valence electrons. The topological polar surface area (TPSA) is 63.0 Å². The molecule has 0 amide bonds.